The highest BCUT2D eigenvalue weighted by Crippen LogP contribution is 2.02. The lowest BCUT2D eigenvalue weighted by Crippen LogP contribution is -2.05. The van der Waals surface area contributed by atoms with Crippen molar-refractivity contribution in [3.8, 4) is 0 Å². The van der Waals surface area contributed by atoms with Crippen LogP contribution >= 0.6 is 0 Å². The second-order valence-corrected chi connectivity index (χ2v) is 4.95. The van der Waals surface area contributed by atoms with Crippen LogP contribution in [0.2, 0.25) is 0 Å². The van der Waals surface area contributed by atoms with Gasteiger partial charge in [-0.25, -0.2) is 0 Å². The zero-order valence-electron chi connectivity index (χ0n) is 8.10. The number of hydrogen-bond acceptors (Lipinski definition) is 2. The van der Waals surface area contributed by atoms with Crippen LogP contribution in [0.1, 0.15) is 12.0 Å². The molecule has 3 nitrogen and oxygen atoms in total. The van der Waals surface area contributed by atoms with Crippen LogP contribution < -0.4 is 5.46 Å². The van der Waals surface area contributed by atoms with Crippen LogP contribution in [-0.2, 0) is 16.5 Å². The molecule has 0 bridgehead atoms. The highest BCUT2D eigenvalue weighted by atomic mass is 32.2. The van der Waals surface area contributed by atoms with Gasteiger partial charge in [0.15, 0.2) is 0 Å². The zero-order chi connectivity index (χ0) is 10.6. The first-order chi connectivity index (χ1) is 6.47. The van der Waals surface area contributed by atoms with E-state index in [2.05, 4.69) is 0 Å². The maximum absolute atomic E-state index is 10.4. The highest BCUT2D eigenvalue weighted by Gasteiger charge is 2.03. The minimum Gasteiger partial charge on any atom is -0.286 e. The molecule has 0 saturated heterocycles. The van der Waals surface area contributed by atoms with Crippen molar-refractivity contribution in [3.63, 3.8) is 0 Å². The van der Waals surface area contributed by atoms with Crippen LogP contribution in [-0.4, -0.2) is 26.6 Å². The van der Waals surface area contributed by atoms with Crippen LogP contribution in [0.25, 0.3) is 0 Å². The van der Waals surface area contributed by atoms with Crippen LogP contribution in [0.3, 0.4) is 0 Å². The van der Waals surface area contributed by atoms with E-state index in [1.165, 1.54) is 5.46 Å². The molecule has 0 atom stereocenters. The van der Waals surface area contributed by atoms with Crippen molar-refractivity contribution < 1.29 is 13.0 Å². The zero-order valence-corrected chi connectivity index (χ0v) is 8.92. The Labute approximate surface area is 85.3 Å². The Morgan fingerprint density at radius 2 is 1.79 bits per heavy atom. The lowest BCUT2D eigenvalue weighted by Gasteiger charge is -2.00. The molecule has 0 spiro atoms. The van der Waals surface area contributed by atoms with Crippen molar-refractivity contribution in [2.75, 3.05) is 5.75 Å². The molecule has 0 heterocycles. The fourth-order valence-electron chi connectivity index (χ4n) is 1.21. The van der Waals surface area contributed by atoms with Gasteiger partial charge in [0.05, 0.1) is 5.75 Å². The molecule has 76 valence electrons. The summed E-state index contributed by atoms with van der Waals surface area (Å²) in [6.07, 6.45) is 1.14. The average molecular weight is 212 g/mol. The number of aryl methyl sites for hydroxylation is 1. The molecule has 0 amide bonds. The SMILES string of the molecule is Bc1ccc(CCCS(=O)(=O)O)cc1. The third-order valence-corrected chi connectivity index (χ3v) is 2.79. The van der Waals surface area contributed by atoms with Gasteiger partial charge in [0.1, 0.15) is 7.85 Å². The maximum atomic E-state index is 10.4. The van der Waals surface area contributed by atoms with E-state index in [9.17, 15) is 8.42 Å². The van der Waals surface area contributed by atoms with Gasteiger partial charge in [-0.3, -0.25) is 4.55 Å². The highest BCUT2D eigenvalue weighted by molar-refractivity contribution is 7.85. The fraction of sp³-hybridized carbons (Fsp3) is 0.333. The molecule has 1 rings (SSSR count). The summed E-state index contributed by atoms with van der Waals surface area (Å²) in [6.45, 7) is 0. The Balaban J connectivity index is 2.43. The second-order valence-electron chi connectivity index (χ2n) is 3.38. The largest absolute Gasteiger partial charge is 0.286 e. The summed E-state index contributed by atoms with van der Waals surface area (Å²) < 4.78 is 29.4. The summed E-state index contributed by atoms with van der Waals surface area (Å²) in [5, 5.41) is 0. The second kappa shape index (κ2) is 4.62. The predicted molar refractivity (Wildman–Crippen MR) is 59.4 cm³/mol. The molecule has 1 aromatic carbocycles. The van der Waals surface area contributed by atoms with Gasteiger partial charge in [-0.1, -0.05) is 29.7 Å². The molecule has 1 aromatic rings. The summed E-state index contributed by atoms with van der Waals surface area (Å²) in [6, 6.07) is 7.92. The molecule has 0 saturated carbocycles. The van der Waals surface area contributed by atoms with Gasteiger partial charge in [0.2, 0.25) is 0 Å². The first kappa shape index (κ1) is 11.3. The van der Waals surface area contributed by atoms with Crippen LogP contribution in [0.15, 0.2) is 24.3 Å². The average Bonchev–Trinajstić information content (AvgIpc) is 2.06. The van der Waals surface area contributed by atoms with Crippen molar-refractivity contribution in [2.24, 2.45) is 0 Å². The number of hydrogen-bond donors (Lipinski definition) is 1. The molecule has 0 fully saturated rings. The van der Waals surface area contributed by atoms with E-state index >= 15 is 0 Å². The van der Waals surface area contributed by atoms with E-state index in [1.54, 1.807) is 0 Å². The topological polar surface area (TPSA) is 54.4 Å². The maximum Gasteiger partial charge on any atom is 0.264 e. The Morgan fingerprint density at radius 1 is 1.21 bits per heavy atom. The number of benzene rings is 1. The van der Waals surface area contributed by atoms with E-state index in [1.807, 2.05) is 32.1 Å². The van der Waals surface area contributed by atoms with E-state index in [0.29, 0.717) is 12.8 Å². The molecular formula is C9H13BO3S. The molecule has 0 aliphatic rings. The third-order valence-electron chi connectivity index (χ3n) is 1.99. The molecular weight excluding hydrogens is 199 g/mol. The number of rotatable bonds is 4. The summed E-state index contributed by atoms with van der Waals surface area (Å²) >= 11 is 0. The van der Waals surface area contributed by atoms with Gasteiger partial charge in [-0.2, -0.15) is 8.42 Å². The monoisotopic (exact) mass is 212 g/mol. The quantitative estimate of drug-likeness (QED) is 0.553. The van der Waals surface area contributed by atoms with Crippen molar-refractivity contribution in [1.82, 2.24) is 0 Å². The molecule has 0 aliphatic heterocycles. The standard InChI is InChI=1S/C9H13BO3S/c10-9-5-3-8(4-6-9)2-1-7-14(11,12)13/h3-6H,1-2,7,10H2,(H,11,12,13). The van der Waals surface area contributed by atoms with E-state index in [4.69, 9.17) is 4.55 Å². The molecule has 1 N–H and O–H groups in total. The lowest BCUT2D eigenvalue weighted by molar-refractivity contribution is 0.481. The molecule has 5 heteroatoms. The van der Waals surface area contributed by atoms with Crippen molar-refractivity contribution in [2.45, 2.75) is 12.8 Å². The summed E-state index contributed by atoms with van der Waals surface area (Å²) in [5.41, 5.74) is 2.28. The van der Waals surface area contributed by atoms with E-state index in [0.717, 1.165) is 5.56 Å². The van der Waals surface area contributed by atoms with Crippen LogP contribution in [0, 0.1) is 0 Å². The summed E-state index contributed by atoms with van der Waals surface area (Å²) in [7, 11) is -1.80. The first-order valence-corrected chi connectivity index (χ1v) is 6.09. The molecule has 0 unspecified atom stereocenters. The Bertz CT molecular complexity index is 383. The minimum absolute atomic E-state index is 0.166. The summed E-state index contributed by atoms with van der Waals surface area (Å²) in [4.78, 5) is 0. The molecule has 14 heavy (non-hydrogen) atoms. The molecule has 0 aliphatic carbocycles. The van der Waals surface area contributed by atoms with Gasteiger partial charge >= 0.3 is 0 Å². The fourth-order valence-corrected chi connectivity index (χ4v) is 1.72. The van der Waals surface area contributed by atoms with Gasteiger partial charge < -0.3 is 0 Å². The smallest absolute Gasteiger partial charge is 0.264 e. The Kier molecular flexibility index (Phi) is 3.72. The van der Waals surface area contributed by atoms with Crippen molar-refractivity contribution in [1.29, 1.82) is 0 Å². The Hall–Kier alpha value is -0.805. The van der Waals surface area contributed by atoms with E-state index < -0.39 is 10.1 Å². The van der Waals surface area contributed by atoms with Gasteiger partial charge in [-0.05, 0) is 18.4 Å². The van der Waals surface area contributed by atoms with Gasteiger partial charge in [-0.15, -0.1) is 0 Å². The normalized spacial score (nSPS) is 11.5. The van der Waals surface area contributed by atoms with Crippen molar-refractivity contribution in [3.05, 3.63) is 29.8 Å². The molecule has 0 radical (unpaired) electrons. The summed E-state index contributed by atoms with van der Waals surface area (Å²) in [5.74, 6) is -0.166. The minimum atomic E-state index is -3.80. The van der Waals surface area contributed by atoms with Gasteiger partial charge in [0, 0.05) is 0 Å². The van der Waals surface area contributed by atoms with E-state index in [-0.39, 0.29) is 5.75 Å². The van der Waals surface area contributed by atoms with Crippen LogP contribution in [0.5, 0.6) is 0 Å². The lowest BCUT2D eigenvalue weighted by atomic mass is 9.94. The van der Waals surface area contributed by atoms with Crippen molar-refractivity contribution >= 4 is 23.4 Å². The third kappa shape index (κ3) is 4.44. The van der Waals surface area contributed by atoms with Gasteiger partial charge in [0.25, 0.3) is 10.1 Å². The molecule has 0 aromatic heterocycles. The predicted octanol–water partition coefficient (Wildman–Crippen LogP) is -0.235. The Morgan fingerprint density at radius 3 is 2.29 bits per heavy atom. The van der Waals surface area contributed by atoms with Crippen LogP contribution in [0.4, 0.5) is 0 Å². The first-order valence-electron chi connectivity index (χ1n) is 4.48.